The smallest absolute Gasteiger partial charge is 0.273 e. The van der Waals surface area contributed by atoms with Crippen molar-refractivity contribution in [3.63, 3.8) is 0 Å². The molecule has 1 saturated heterocycles. The lowest BCUT2D eigenvalue weighted by Crippen LogP contribution is -2.29. The molecule has 2 aromatic heterocycles. The Morgan fingerprint density at radius 2 is 1.98 bits per heavy atom. The first-order valence-corrected chi connectivity index (χ1v) is 13.4. The molecule has 0 radical (unpaired) electrons. The van der Waals surface area contributed by atoms with Crippen LogP contribution in [0.2, 0.25) is 0 Å². The van der Waals surface area contributed by atoms with E-state index in [-0.39, 0.29) is 23.6 Å². The third-order valence-electron chi connectivity index (χ3n) is 6.95. The quantitative estimate of drug-likeness (QED) is 0.142. The first kappa shape index (κ1) is 27.8. The zero-order valence-corrected chi connectivity index (χ0v) is 23.8. The predicted octanol–water partition coefficient (Wildman–Crippen LogP) is 6.34. The van der Waals surface area contributed by atoms with Crippen molar-refractivity contribution in [2.45, 2.75) is 32.9 Å². The molecule has 210 valence electrons. The van der Waals surface area contributed by atoms with Gasteiger partial charge < -0.3 is 24.7 Å². The number of nitro groups is 1. The van der Waals surface area contributed by atoms with Crippen molar-refractivity contribution in [2.24, 2.45) is 5.92 Å². The lowest BCUT2D eigenvalue weighted by Gasteiger charge is -2.27. The number of pyridine rings is 1. The van der Waals surface area contributed by atoms with Crippen LogP contribution < -0.4 is 20.3 Å². The van der Waals surface area contributed by atoms with E-state index >= 15 is 0 Å². The number of furan rings is 1. The first-order valence-electron chi connectivity index (χ1n) is 13.0. The van der Waals surface area contributed by atoms with E-state index in [1.165, 1.54) is 19.2 Å². The number of aryl methyl sites for hydroxylation is 1. The van der Waals surface area contributed by atoms with Gasteiger partial charge >= 0.3 is 0 Å². The highest BCUT2D eigenvalue weighted by atomic mass is 32.1. The molecule has 1 aliphatic heterocycles. The highest BCUT2D eigenvalue weighted by Gasteiger charge is 2.42. The van der Waals surface area contributed by atoms with Crippen LogP contribution in [0.1, 0.15) is 42.9 Å². The summed E-state index contributed by atoms with van der Waals surface area (Å²) in [6.07, 6.45) is 1.73. The maximum absolute atomic E-state index is 12.3. The number of nitrogens with one attached hydrogen (secondary N) is 2. The second-order valence-corrected chi connectivity index (χ2v) is 10.4. The summed E-state index contributed by atoms with van der Waals surface area (Å²) in [7, 11) is 1.46. The summed E-state index contributed by atoms with van der Waals surface area (Å²) in [6, 6.07) is 18.8. The van der Waals surface area contributed by atoms with E-state index in [1.54, 1.807) is 12.3 Å². The third kappa shape index (κ3) is 5.48. The fourth-order valence-electron chi connectivity index (χ4n) is 4.79. The summed E-state index contributed by atoms with van der Waals surface area (Å²) in [6.45, 7) is 5.63. The Kier molecular flexibility index (Phi) is 7.71. The zero-order valence-electron chi connectivity index (χ0n) is 23.0. The molecule has 10 nitrogen and oxygen atoms in total. The van der Waals surface area contributed by atoms with Gasteiger partial charge in [0.25, 0.3) is 5.69 Å². The van der Waals surface area contributed by atoms with E-state index in [1.807, 2.05) is 74.2 Å². The molecule has 0 aliphatic carbocycles. The molecule has 1 aliphatic rings. The molecule has 11 heteroatoms. The van der Waals surface area contributed by atoms with Gasteiger partial charge in [-0.15, -0.1) is 0 Å². The van der Waals surface area contributed by atoms with Crippen molar-refractivity contribution in [1.29, 1.82) is 0 Å². The standard InChI is InChI=1S/C30H29N5O5S/c1-17(2)29(36)32-22-11-9-19(15-18(22)3)34-28(27(33-30(34)41)23-7-5-6-14-31-23)25-13-12-24(40-25)21-10-8-20(35(37)38)16-26(21)39-4/h5-17,27-28H,1-4H3,(H,32,36)(H,33,41)/t27-,28-/m1/s1. The average molecular weight is 572 g/mol. The van der Waals surface area contributed by atoms with E-state index in [0.717, 1.165) is 22.6 Å². The van der Waals surface area contributed by atoms with Crippen molar-refractivity contribution in [1.82, 2.24) is 10.3 Å². The maximum Gasteiger partial charge on any atom is 0.273 e. The van der Waals surface area contributed by atoms with Crippen LogP contribution in [0.15, 0.2) is 77.3 Å². The number of non-ortho nitro benzene ring substituents is 1. The highest BCUT2D eigenvalue weighted by molar-refractivity contribution is 7.80. The molecule has 2 N–H and O–H groups in total. The lowest BCUT2D eigenvalue weighted by molar-refractivity contribution is -0.384. The van der Waals surface area contributed by atoms with Gasteiger partial charge in [0.2, 0.25) is 5.91 Å². The normalized spacial score (nSPS) is 16.5. The molecule has 3 heterocycles. The third-order valence-corrected chi connectivity index (χ3v) is 7.26. The summed E-state index contributed by atoms with van der Waals surface area (Å²) in [5.41, 5.74) is 3.72. The Bertz CT molecular complexity index is 1620. The minimum Gasteiger partial charge on any atom is -0.496 e. The van der Waals surface area contributed by atoms with Crippen LogP contribution in [-0.2, 0) is 4.79 Å². The summed E-state index contributed by atoms with van der Waals surface area (Å²) in [4.78, 5) is 29.7. The van der Waals surface area contributed by atoms with Crippen LogP contribution in [-0.4, -0.2) is 28.0 Å². The Morgan fingerprint density at radius 3 is 2.63 bits per heavy atom. The number of carbonyl (C=O) groups is 1. The molecule has 1 fully saturated rings. The van der Waals surface area contributed by atoms with Gasteiger partial charge in [-0.2, -0.15) is 0 Å². The topological polar surface area (TPSA) is 123 Å². The monoisotopic (exact) mass is 571 g/mol. The highest BCUT2D eigenvalue weighted by Crippen LogP contribution is 2.44. The molecular formula is C30H29N5O5S. The number of anilines is 2. The van der Waals surface area contributed by atoms with Crippen LogP contribution in [0.5, 0.6) is 5.75 Å². The zero-order chi connectivity index (χ0) is 29.3. The van der Waals surface area contributed by atoms with E-state index in [2.05, 4.69) is 15.6 Å². The molecule has 1 amide bonds. The van der Waals surface area contributed by atoms with Gasteiger partial charge in [0.15, 0.2) is 5.11 Å². The second kappa shape index (κ2) is 11.4. The molecule has 0 spiro atoms. The van der Waals surface area contributed by atoms with E-state index in [4.69, 9.17) is 21.4 Å². The first-order chi connectivity index (χ1) is 19.7. The van der Waals surface area contributed by atoms with Gasteiger partial charge in [-0.05, 0) is 73.2 Å². The van der Waals surface area contributed by atoms with Gasteiger partial charge in [-0.25, -0.2) is 0 Å². The van der Waals surface area contributed by atoms with Crippen LogP contribution in [0, 0.1) is 23.0 Å². The molecule has 5 rings (SSSR count). The van der Waals surface area contributed by atoms with Crippen LogP contribution in [0.3, 0.4) is 0 Å². The molecule has 4 aromatic rings. The Morgan fingerprint density at radius 1 is 1.17 bits per heavy atom. The number of aromatic nitrogens is 1. The summed E-state index contributed by atoms with van der Waals surface area (Å²) >= 11 is 5.83. The predicted molar refractivity (Wildman–Crippen MR) is 160 cm³/mol. The number of carbonyl (C=O) groups excluding carboxylic acids is 1. The maximum atomic E-state index is 12.3. The number of hydrogen-bond acceptors (Lipinski definition) is 7. The molecule has 2 atom stereocenters. The molecule has 0 saturated carbocycles. The summed E-state index contributed by atoms with van der Waals surface area (Å²) < 4.78 is 11.8. The number of nitrogens with zero attached hydrogens (tertiary/aromatic N) is 3. The number of rotatable bonds is 8. The minimum absolute atomic E-state index is 0.0583. The van der Waals surface area contributed by atoms with Crippen LogP contribution in [0.25, 0.3) is 11.3 Å². The molecular weight excluding hydrogens is 542 g/mol. The van der Waals surface area contributed by atoms with Crippen LogP contribution in [0.4, 0.5) is 17.1 Å². The molecule has 0 bridgehead atoms. The van der Waals surface area contributed by atoms with Crippen LogP contribution >= 0.6 is 12.2 Å². The fraction of sp³-hybridized carbons (Fsp3) is 0.233. The van der Waals surface area contributed by atoms with Crippen molar-refractivity contribution in [2.75, 3.05) is 17.3 Å². The number of hydrogen-bond donors (Lipinski definition) is 2. The van der Waals surface area contributed by atoms with Crippen molar-refractivity contribution >= 4 is 40.3 Å². The second-order valence-electron chi connectivity index (χ2n) is 9.98. The van der Waals surface area contributed by atoms with E-state index in [9.17, 15) is 14.9 Å². The molecule has 2 aromatic carbocycles. The van der Waals surface area contributed by atoms with Gasteiger partial charge in [-0.3, -0.25) is 19.9 Å². The van der Waals surface area contributed by atoms with Gasteiger partial charge in [0.05, 0.1) is 35.4 Å². The van der Waals surface area contributed by atoms with Crippen molar-refractivity contribution in [3.8, 4) is 17.1 Å². The molecule has 41 heavy (non-hydrogen) atoms. The number of methoxy groups -OCH3 is 1. The Labute approximate surface area is 242 Å². The molecule has 0 unspecified atom stereocenters. The number of nitro benzene ring substituents is 1. The lowest BCUT2D eigenvalue weighted by atomic mass is 10.0. The minimum atomic E-state index is -0.470. The van der Waals surface area contributed by atoms with Gasteiger partial charge in [0.1, 0.15) is 23.3 Å². The Hall–Kier alpha value is -4.77. The van der Waals surface area contributed by atoms with Crippen molar-refractivity contribution in [3.05, 3.63) is 100 Å². The number of benzene rings is 2. The number of ether oxygens (including phenoxy) is 1. The average Bonchev–Trinajstić information content (AvgIpc) is 3.58. The summed E-state index contributed by atoms with van der Waals surface area (Å²) in [5, 5.41) is 18.1. The van der Waals surface area contributed by atoms with Crippen molar-refractivity contribution < 1.29 is 18.9 Å². The van der Waals surface area contributed by atoms with E-state index in [0.29, 0.717) is 27.9 Å². The van der Waals surface area contributed by atoms with E-state index < -0.39 is 11.0 Å². The SMILES string of the molecule is COc1cc([N+](=O)[O-])ccc1-c1ccc([C@@H]2[C@@H](c3ccccn3)NC(=S)N2c2ccc(NC(=O)C(C)C)c(C)c2)o1. The Balaban J connectivity index is 1.56. The largest absolute Gasteiger partial charge is 0.496 e. The van der Waals surface area contributed by atoms with Gasteiger partial charge in [-0.1, -0.05) is 19.9 Å². The number of thiocarbonyl (C=S) groups is 1. The van der Waals surface area contributed by atoms with Gasteiger partial charge in [0, 0.05) is 29.6 Å². The number of amides is 1. The fourth-order valence-corrected chi connectivity index (χ4v) is 5.14. The summed E-state index contributed by atoms with van der Waals surface area (Å²) in [5.74, 6) is 1.23.